The molecule has 0 unspecified atom stereocenters. The normalized spacial score (nSPS) is 16.4. The molecule has 0 saturated heterocycles. The number of amides is 1. The molecule has 1 aliphatic rings. The number of methoxy groups -OCH3 is 1. The fourth-order valence-corrected chi connectivity index (χ4v) is 2.82. The molecule has 3 heterocycles. The fourth-order valence-electron chi connectivity index (χ4n) is 2.82. The first-order valence-electron chi connectivity index (χ1n) is 6.85. The minimum Gasteiger partial charge on any atom is -0.496 e. The lowest BCUT2D eigenvalue weighted by Gasteiger charge is -2.16. The molecule has 6 heteroatoms. The quantitative estimate of drug-likeness (QED) is 0.778. The summed E-state index contributed by atoms with van der Waals surface area (Å²) >= 11 is 0. The predicted octanol–water partition coefficient (Wildman–Crippen LogP) is 2.51. The van der Waals surface area contributed by atoms with Crippen LogP contribution in [0, 0.1) is 0 Å². The van der Waals surface area contributed by atoms with Crippen LogP contribution in [0.1, 0.15) is 27.7 Å². The summed E-state index contributed by atoms with van der Waals surface area (Å²) in [6.07, 6.45) is 1.59. The summed E-state index contributed by atoms with van der Waals surface area (Å²) in [5.41, 5.74) is 2.76. The van der Waals surface area contributed by atoms with E-state index in [-0.39, 0.29) is 11.9 Å². The molecule has 0 fully saturated rings. The lowest BCUT2D eigenvalue weighted by molar-refractivity contribution is 0.0955. The summed E-state index contributed by atoms with van der Waals surface area (Å²) in [6.45, 7) is 0. The standard InChI is InChI=1S/C16H13N3O3/c1-21-10-6-3-2-5-9(10)13-12-14(11-7-4-8-22-11)18-19-15(12)16(20)17-13/h2-8,13H,1H3,(H,17,20)(H,18,19)/t13-/m0/s1. The van der Waals surface area contributed by atoms with Gasteiger partial charge in [-0.25, -0.2) is 0 Å². The largest absolute Gasteiger partial charge is 0.496 e. The molecule has 0 saturated carbocycles. The van der Waals surface area contributed by atoms with Crippen LogP contribution in [0.4, 0.5) is 0 Å². The van der Waals surface area contributed by atoms with E-state index in [9.17, 15) is 4.79 Å². The van der Waals surface area contributed by atoms with E-state index in [0.29, 0.717) is 22.9 Å². The average Bonchev–Trinajstić information content (AvgIpc) is 3.25. The van der Waals surface area contributed by atoms with Gasteiger partial charge in [0.2, 0.25) is 0 Å². The van der Waals surface area contributed by atoms with Crippen molar-refractivity contribution < 1.29 is 13.9 Å². The van der Waals surface area contributed by atoms with Gasteiger partial charge in [0.05, 0.1) is 19.4 Å². The van der Waals surface area contributed by atoms with E-state index in [2.05, 4.69) is 15.5 Å². The van der Waals surface area contributed by atoms with Gasteiger partial charge in [-0.3, -0.25) is 9.89 Å². The van der Waals surface area contributed by atoms with Crippen molar-refractivity contribution in [2.24, 2.45) is 0 Å². The summed E-state index contributed by atoms with van der Waals surface area (Å²) in [5, 5.41) is 9.98. The van der Waals surface area contributed by atoms with Crippen molar-refractivity contribution in [2.45, 2.75) is 6.04 Å². The fraction of sp³-hybridized carbons (Fsp3) is 0.125. The van der Waals surface area contributed by atoms with Gasteiger partial charge in [0.15, 0.2) is 11.5 Å². The molecule has 110 valence electrons. The molecule has 0 spiro atoms. The SMILES string of the molecule is COc1ccccc1[C@@H]1NC(=O)c2n[nH]c(-c3ccco3)c21. The third kappa shape index (κ3) is 1.74. The Morgan fingerprint density at radius 3 is 2.86 bits per heavy atom. The van der Waals surface area contributed by atoms with Gasteiger partial charge in [-0.2, -0.15) is 5.10 Å². The van der Waals surface area contributed by atoms with Gasteiger partial charge in [0.1, 0.15) is 11.4 Å². The van der Waals surface area contributed by atoms with Crippen molar-refractivity contribution >= 4 is 5.91 Å². The molecule has 1 aromatic carbocycles. The zero-order chi connectivity index (χ0) is 15.1. The highest BCUT2D eigenvalue weighted by Crippen LogP contribution is 2.39. The van der Waals surface area contributed by atoms with E-state index < -0.39 is 0 Å². The van der Waals surface area contributed by atoms with Crippen LogP contribution in [-0.2, 0) is 0 Å². The highest BCUT2D eigenvalue weighted by Gasteiger charge is 2.37. The Kier molecular flexibility index (Phi) is 2.75. The topological polar surface area (TPSA) is 80.1 Å². The maximum atomic E-state index is 12.2. The molecular weight excluding hydrogens is 282 g/mol. The molecule has 1 atom stereocenters. The van der Waals surface area contributed by atoms with Gasteiger partial charge in [-0.05, 0) is 18.2 Å². The van der Waals surface area contributed by atoms with E-state index in [0.717, 1.165) is 11.1 Å². The molecule has 3 aromatic rings. The number of nitrogens with zero attached hydrogens (tertiary/aromatic N) is 1. The number of aromatic amines is 1. The van der Waals surface area contributed by atoms with Crippen LogP contribution in [0.15, 0.2) is 47.1 Å². The first-order chi connectivity index (χ1) is 10.8. The average molecular weight is 295 g/mol. The monoisotopic (exact) mass is 295 g/mol. The Bertz CT molecular complexity index is 836. The Morgan fingerprint density at radius 1 is 1.23 bits per heavy atom. The van der Waals surface area contributed by atoms with Crippen LogP contribution in [0.3, 0.4) is 0 Å². The van der Waals surface area contributed by atoms with Gasteiger partial charge in [0, 0.05) is 11.1 Å². The second-order valence-corrected chi connectivity index (χ2v) is 4.99. The van der Waals surface area contributed by atoms with E-state index in [1.807, 2.05) is 30.3 Å². The number of fused-ring (bicyclic) bond motifs is 1. The van der Waals surface area contributed by atoms with Crippen LogP contribution in [0.2, 0.25) is 0 Å². The zero-order valence-corrected chi connectivity index (χ0v) is 11.8. The van der Waals surface area contributed by atoms with Gasteiger partial charge >= 0.3 is 0 Å². The number of aromatic nitrogens is 2. The zero-order valence-electron chi connectivity index (χ0n) is 11.8. The van der Waals surface area contributed by atoms with Crippen molar-refractivity contribution in [3.05, 3.63) is 59.5 Å². The van der Waals surface area contributed by atoms with Crippen LogP contribution in [0.5, 0.6) is 5.75 Å². The van der Waals surface area contributed by atoms with Gasteiger partial charge in [0.25, 0.3) is 5.91 Å². The minimum atomic E-state index is -0.322. The van der Waals surface area contributed by atoms with Crippen LogP contribution < -0.4 is 10.1 Å². The first kappa shape index (κ1) is 12.7. The number of H-pyrrole nitrogens is 1. The molecule has 2 N–H and O–H groups in total. The lowest BCUT2D eigenvalue weighted by Crippen LogP contribution is -2.21. The summed E-state index contributed by atoms with van der Waals surface area (Å²) in [7, 11) is 1.61. The molecular formula is C16H13N3O3. The number of para-hydroxylation sites is 1. The predicted molar refractivity (Wildman–Crippen MR) is 78.6 cm³/mol. The Hall–Kier alpha value is -3.02. The van der Waals surface area contributed by atoms with Crippen molar-refractivity contribution in [1.29, 1.82) is 0 Å². The number of nitrogens with one attached hydrogen (secondary N) is 2. The Morgan fingerprint density at radius 2 is 2.09 bits per heavy atom. The highest BCUT2D eigenvalue weighted by atomic mass is 16.5. The first-order valence-corrected chi connectivity index (χ1v) is 6.85. The maximum Gasteiger partial charge on any atom is 0.272 e. The van der Waals surface area contributed by atoms with Crippen LogP contribution in [-0.4, -0.2) is 23.2 Å². The van der Waals surface area contributed by atoms with E-state index >= 15 is 0 Å². The van der Waals surface area contributed by atoms with Crippen LogP contribution in [0.25, 0.3) is 11.5 Å². The number of hydrogen-bond acceptors (Lipinski definition) is 4. The lowest BCUT2D eigenvalue weighted by atomic mass is 9.98. The Balaban J connectivity index is 1.89. The summed E-state index contributed by atoms with van der Waals surface area (Å²) in [5.74, 6) is 1.15. The molecule has 6 nitrogen and oxygen atoms in total. The molecule has 1 amide bonds. The van der Waals surface area contributed by atoms with Gasteiger partial charge < -0.3 is 14.5 Å². The Labute approximate surface area is 126 Å². The third-order valence-corrected chi connectivity index (χ3v) is 3.80. The van der Waals surface area contributed by atoms with E-state index in [1.165, 1.54) is 0 Å². The molecule has 2 aromatic heterocycles. The van der Waals surface area contributed by atoms with Crippen LogP contribution >= 0.6 is 0 Å². The molecule has 0 radical (unpaired) electrons. The molecule has 4 rings (SSSR count). The molecule has 22 heavy (non-hydrogen) atoms. The number of rotatable bonds is 3. The highest BCUT2D eigenvalue weighted by molar-refractivity contribution is 6.00. The maximum absolute atomic E-state index is 12.2. The molecule has 0 bridgehead atoms. The number of hydrogen-bond donors (Lipinski definition) is 2. The number of carbonyl (C=O) groups is 1. The smallest absolute Gasteiger partial charge is 0.272 e. The van der Waals surface area contributed by atoms with E-state index in [4.69, 9.17) is 9.15 Å². The van der Waals surface area contributed by atoms with Crippen molar-refractivity contribution in [3.63, 3.8) is 0 Å². The van der Waals surface area contributed by atoms with Crippen molar-refractivity contribution in [1.82, 2.24) is 15.5 Å². The number of furan rings is 1. The second kappa shape index (κ2) is 4.77. The summed E-state index contributed by atoms with van der Waals surface area (Å²) in [6, 6.07) is 10.9. The summed E-state index contributed by atoms with van der Waals surface area (Å²) < 4.78 is 10.8. The molecule has 0 aliphatic carbocycles. The molecule has 1 aliphatic heterocycles. The number of benzene rings is 1. The minimum absolute atomic E-state index is 0.208. The van der Waals surface area contributed by atoms with Gasteiger partial charge in [-0.15, -0.1) is 0 Å². The van der Waals surface area contributed by atoms with Crippen molar-refractivity contribution in [2.75, 3.05) is 7.11 Å². The number of carbonyl (C=O) groups excluding carboxylic acids is 1. The third-order valence-electron chi connectivity index (χ3n) is 3.80. The van der Waals surface area contributed by atoms with E-state index in [1.54, 1.807) is 19.4 Å². The van der Waals surface area contributed by atoms with Gasteiger partial charge in [-0.1, -0.05) is 18.2 Å². The second-order valence-electron chi connectivity index (χ2n) is 4.99. The summed E-state index contributed by atoms with van der Waals surface area (Å²) in [4.78, 5) is 12.2. The number of ether oxygens (including phenoxy) is 1. The van der Waals surface area contributed by atoms with Crippen molar-refractivity contribution in [3.8, 4) is 17.2 Å².